The molecule has 0 radical (unpaired) electrons. The van der Waals surface area contributed by atoms with E-state index in [0.29, 0.717) is 10.6 Å². The molecule has 1 unspecified atom stereocenters. The number of nitrogens with one attached hydrogen (secondary N) is 1. The summed E-state index contributed by atoms with van der Waals surface area (Å²) in [6, 6.07) is 7.03. The highest BCUT2D eigenvalue weighted by Crippen LogP contribution is 2.36. The number of carbonyl (C=O) groups excluding carboxylic acids is 1. The van der Waals surface area contributed by atoms with E-state index >= 15 is 0 Å². The van der Waals surface area contributed by atoms with Crippen LogP contribution >= 0.6 is 22.9 Å². The van der Waals surface area contributed by atoms with Gasteiger partial charge in [0.15, 0.2) is 9.84 Å². The van der Waals surface area contributed by atoms with Crippen LogP contribution in [0, 0.1) is 5.82 Å². The van der Waals surface area contributed by atoms with Crippen molar-refractivity contribution < 1.29 is 17.6 Å². The molecule has 2 amide bonds. The van der Waals surface area contributed by atoms with Crippen LogP contribution in [-0.4, -0.2) is 47.7 Å². The third kappa shape index (κ3) is 4.21. The number of hydrogen-bond acceptors (Lipinski definition) is 5. The largest absolute Gasteiger partial charge is 0.340 e. The Kier molecular flexibility index (Phi) is 5.56. The van der Waals surface area contributed by atoms with Crippen molar-refractivity contribution in [2.45, 2.75) is 5.25 Å². The van der Waals surface area contributed by atoms with Crippen LogP contribution in [0.4, 0.5) is 14.9 Å². The SMILES string of the molecule is Cn1cnc(-c2ccc(C3CN(C(=O)Nc4ccc(F)c(Cl)c4)CCS3(=O)=O)s2)c1. The molecule has 11 heteroatoms. The Balaban J connectivity index is 1.53. The molecule has 4 rings (SSSR count). The number of hydrogen-bond donors (Lipinski definition) is 1. The molecule has 1 fully saturated rings. The quantitative estimate of drug-likeness (QED) is 0.631. The van der Waals surface area contributed by atoms with Gasteiger partial charge in [-0.2, -0.15) is 0 Å². The lowest BCUT2D eigenvalue weighted by Gasteiger charge is -2.32. The first-order chi connectivity index (χ1) is 14.2. The van der Waals surface area contributed by atoms with Gasteiger partial charge in [-0.05, 0) is 30.3 Å². The number of amides is 2. The van der Waals surface area contributed by atoms with E-state index in [1.54, 1.807) is 12.4 Å². The second-order valence-electron chi connectivity index (χ2n) is 6.99. The first kappa shape index (κ1) is 20.8. The van der Waals surface area contributed by atoms with Crippen LogP contribution in [-0.2, 0) is 16.9 Å². The number of benzene rings is 1. The molecule has 1 saturated heterocycles. The van der Waals surface area contributed by atoms with E-state index in [-0.39, 0.29) is 23.9 Å². The van der Waals surface area contributed by atoms with Gasteiger partial charge >= 0.3 is 6.03 Å². The summed E-state index contributed by atoms with van der Waals surface area (Å²) < 4.78 is 40.6. The standard InChI is InChI=1S/C19H18ClFN4O3S2/c1-24-9-15(22-11-24)16-4-5-17(29-16)18-10-25(6-7-30(18,27)28)19(26)23-12-2-3-14(21)13(20)8-12/h2-5,8-9,11,18H,6-7,10H2,1H3,(H,23,26). The van der Waals surface area contributed by atoms with E-state index in [1.165, 1.54) is 28.4 Å². The first-order valence-corrected chi connectivity index (χ1v) is 11.9. The lowest BCUT2D eigenvalue weighted by atomic mass is 10.3. The van der Waals surface area contributed by atoms with Crippen molar-refractivity contribution in [2.24, 2.45) is 7.05 Å². The Bertz CT molecular complexity index is 1210. The molecule has 1 N–H and O–H groups in total. The Hall–Kier alpha value is -2.43. The van der Waals surface area contributed by atoms with Crippen LogP contribution in [0.15, 0.2) is 42.9 Å². The van der Waals surface area contributed by atoms with Gasteiger partial charge in [-0.15, -0.1) is 11.3 Å². The van der Waals surface area contributed by atoms with Crippen molar-refractivity contribution >= 4 is 44.5 Å². The van der Waals surface area contributed by atoms with Crippen molar-refractivity contribution in [1.82, 2.24) is 14.5 Å². The third-order valence-corrected chi connectivity index (χ3v) is 8.51. The molecule has 0 saturated carbocycles. The van der Waals surface area contributed by atoms with Gasteiger partial charge in [-0.1, -0.05) is 11.6 Å². The highest BCUT2D eigenvalue weighted by molar-refractivity contribution is 7.91. The van der Waals surface area contributed by atoms with E-state index in [1.807, 2.05) is 23.9 Å². The van der Waals surface area contributed by atoms with E-state index in [0.717, 1.165) is 16.6 Å². The molecule has 30 heavy (non-hydrogen) atoms. The normalized spacial score (nSPS) is 18.4. The van der Waals surface area contributed by atoms with Crippen LogP contribution in [0.2, 0.25) is 5.02 Å². The van der Waals surface area contributed by atoms with Gasteiger partial charge in [-0.25, -0.2) is 22.6 Å². The zero-order chi connectivity index (χ0) is 21.5. The molecule has 2 aromatic heterocycles. The number of halogens is 2. The Labute approximate surface area is 182 Å². The van der Waals surface area contributed by atoms with Crippen LogP contribution in [0.1, 0.15) is 10.1 Å². The molecular formula is C19H18ClFN4O3S2. The molecular weight excluding hydrogens is 451 g/mol. The number of thiophene rings is 1. The summed E-state index contributed by atoms with van der Waals surface area (Å²) in [5.41, 5.74) is 1.11. The fraction of sp³-hybridized carbons (Fsp3) is 0.263. The van der Waals surface area contributed by atoms with Crippen LogP contribution in [0.3, 0.4) is 0 Å². The Morgan fingerprint density at radius 1 is 1.33 bits per heavy atom. The average molecular weight is 469 g/mol. The molecule has 0 bridgehead atoms. The lowest BCUT2D eigenvalue weighted by molar-refractivity contribution is 0.212. The first-order valence-electron chi connectivity index (χ1n) is 9.03. The zero-order valence-electron chi connectivity index (χ0n) is 15.9. The second-order valence-corrected chi connectivity index (χ2v) is 10.8. The maximum atomic E-state index is 13.3. The fourth-order valence-electron chi connectivity index (χ4n) is 3.22. The summed E-state index contributed by atoms with van der Waals surface area (Å²) in [7, 11) is -1.54. The maximum absolute atomic E-state index is 13.3. The van der Waals surface area contributed by atoms with E-state index < -0.39 is 26.9 Å². The maximum Gasteiger partial charge on any atom is 0.321 e. The molecule has 3 aromatic rings. The van der Waals surface area contributed by atoms with E-state index in [9.17, 15) is 17.6 Å². The minimum atomic E-state index is -3.40. The van der Waals surface area contributed by atoms with Gasteiger partial charge in [0.05, 0.1) is 27.7 Å². The second kappa shape index (κ2) is 8.01. The van der Waals surface area contributed by atoms with Crippen LogP contribution in [0.25, 0.3) is 10.6 Å². The monoisotopic (exact) mass is 468 g/mol. The topological polar surface area (TPSA) is 84.3 Å². The number of anilines is 1. The van der Waals surface area contributed by atoms with E-state index in [2.05, 4.69) is 10.3 Å². The summed E-state index contributed by atoms with van der Waals surface area (Å²) in [6.07, 6.45) is 3.54. The summed E-state index contributed by atoms with van der Waals surface area (Å²) in [5, 5.41) is 1.73. The Morgan fingerprint density at radius 3 is 2.83 bits per heavy atom. The number of urea groups is 1. The predicted octanol–water partition coefficient (Wildman–Crippen LogP) is 3.94. The van der Waals surface area contributed by atoms with Crippen molar-refractivity contribution in [3.63, 3.8) is 0 Å². The van der Waals surface area contributed by atoms with Crippen molar-refractivity contribution in [1.29, 1.82) is 0 Å². The summed E-state index contributed by atoms with van der Waals surface area (Å²) in [5.74, 6) is -0.716. The van der Waals surface area contributed by atoms with Gasteiger partial charge in [0.1, 0.15) is 11.1 Å². The summed E-state index contributed by atoms with van der Waals surface area (Å²) in [4.78, 5) is 19.9. The number of rotatable bonds is 3. The molecule has 1 aliphatic rings. The number of sulfone groups is 1. The molecule has 158 valence electrons. The van der Waals surface area contributed by atoms with Crippen molar-refractivity contribution in [3.8, 4) is 10.6 Å². The van der Waals surface area contributed by atoms with Crippen LogP contribution < -0.4 is 5.32 Å². The molecule has 7 nitrogen and oxygen atoms in total. The van der Waals surface area contributed by atoms with Gasteiger partial charge in [0.2, 0.25) is 0 Å². The number of carbonyl (C=O) groups is 1. The van der Waals surface area contributed by atoms with Crippen molar-refractivity contribution in [2.75, 3.05) is 24.2 Å². The summed E-state index contributed by atoms with van der Waals surface area (Å²) in [6.45, 7) is 0.114. The Morgan fingerprint density at radius 2 is 2.13 bits per heavy atom. The number of imidazole rings is 1. The number of aromatic nitrogens is 2. The zero-order valence-corrected chi connectivity index (χ0v) is 18.3. The van der Waals surface area contributed by atoms with Gasteiger partial charge in [0, 0.05) is 36.9 Å². The van der Waals surface area contributed by atoms with Gasteiger partial charge < -0.3 is 14.8 Å². The van der Waals surface area contributed by atoms with E-state index in [4.69, 9.17) is 11.6 Å². The molecule has 1 aliphatic heterocycles. The van der Waals surface area contributed by atoms with Gasteiger partial charge in [0.25, 0.3) is 0 Å². The predicted molar refractivity (Wildman–Crippen MR) is 115 cm³/mol. The smallest absolute Gasteiger partial charge is 0.321 e. The highest BCUT2D eigenvalue weighted by atomic mass is 35.5. The third-order valence-electron chi connectivity index (χ3n) is 4.82. The lowest BCUT2D eigenvalue weighted by Crippen LogP contribution is -2.47. The fourth-order valence-corrected chi connectivity index (χ4v) is 6.52. The minimum absolute atomic E-state index is 0.0330. The highest BCUT2D eigenvalue weighted by Gasteiger charge is 2.37. The van der Waals surface area contributed by atoms with Gasteiger partial charge in [-0.3, -0.25) is 0 Å². The molecule has 3 heterocycles. The average Bonchev–Trinajstić information content (AvgIpc) is 3.33. The summed E-state index contributed by atoms with van der Waals surface area (Å²) >= 11 is 7.11. The number of aryl methyl sites for hydroxylation is 1. The number of nitrogens with zero attached hydrogens (tertiary/aromatic N) is 3. The molecule has 1 aromatic carbocycles. The molecule has 1 atom stereocenters. The molecule has 0 spiro atoms. The van der Waals surface area contributed by atoms with Crippen molar-refractivity contribution in [3.05, 3.63) is 58.6 Å². The van der Waals surface area contributed by atoms with Crippen LogP contribution in [0.5, 0.6) is 0 Å². The minimum Gasteiger partial charge on any atom is -0.340 e. The molecule has 0 aliphatic carbocycles.